The predicted molar refractivity (Wildman–Crippen MR) is 61.4 cm³/mol. The summed E-state index contributed by atoms with van der Waals surface area (Å²) in [7, 11) is 0. The minimum Gasteiger partial charge on any atom is -0.244 e. The third kappa shape index (κ3) is 2.51. The molecule has 0 aliphatic rings. The molecule has 0 N–H and O–H groups in total. The molecule has 1 aromatic heterocycles. The summed E-state index contributed by atoms with van der Waals surface area (Å²) in [6, 6.07) is 7.62. The molecule has 0 saturated carbocycles. The quantitative estimate of drug-likeness (QED) is 0.784. The Labute approximate surface area is 93.5 Å². The van der Waals surface area contributed by atoms with Crippen LogP contribution in [-0.2, 0) is 6.42 Å². The lowest BCUT2D eigenvalue weighted by Gasteiger charge is -2.02. The van der Waals surface area contributed by atoms with E-state index in [9.17, 15) is 4.39 Å². The van der Waals surface area contributed by atoms with Crippen LogP contribution < -0.4 is 0 Å². The molecule has 16 heavy (non-hydrogen) atoms. The monoisotopic (exact) mass is 214 g/mol. The second-order valence-electron chi connectivity index (χ2n) is 3.52. The zero-order chi connectivity index (χ0) is 11.4. The average Bonchev–Trinajstić information content (AvgIpc) is 2.30. The zero-order valence-electron chi connectivity index (χ0n) is 8.73. The fraction of sp³-hybridized carbons (Fsp3) is 0.0769. The van der Waals surface area contributed by atoms with Gasteiger partial charge >= 0.3 is 0 Å². The highest BCUT2D eigenvalue weighted by atomic mass is 19.1. The highest BCUT2D eigenvalue weighted by Crippen LogP contribution is 2.18. The van der Waals surface area contributed by atoms with Gasteiger partial charge < -0.3 is 0 Å². The number of allylic oxidation sites excluding steroid dienone is 1. The normalized spacial score (nSPS) is 10.1. The maximum absolute atomic E-state index is 12.6. The van der Waals surface area contributed by atoms with Crippen LogP contribution in [0.1, 0.15) is 5.56 Å². The number of benzene rings is 1. The number of rotatable bonds is 3. The maximum atomic E-state index is 12.6. The molecule has 0 amide bonds. The van der Waals surface area contributed by atoms with Gasteiger partial charge in [-0.2, -0.15) is 0 Å². The van der Waals surface area contributed by atoms with Crippen LogP contribution in [-0.4, -0.2) is 9.97 Å². The summed E-state index contributed by atoms with van der Waals surface area (Å²) in [6.07, 6.45) is 5.25. The summed E-state index contributed by atoms with van der Waals surface area (Å²) in [5.74, 6) is -0.323. The van der Waals surface area contributed by atoms with E-state index in [4.69, 9.17) is 0 Å². The molecule has 3 heteroatoms. The molecule has 1 aromatic carbocycles. The van der Waals surface area contributed by atoms with Crippen LogP contribution in [0.4, 0.5) is 4.39 Å². The minimum absolute atomic E-state index is 0.269. The Morgan fingerprint density at radius 1 is 1.06 bits per heavy atom. The van der Waals surface area contributed by atoms with E-state index in [-0.39, 0.29) is 12.2 Å². The SMILES string of the molecule is C=C(F)Cc1ccc(-c2cncnc2)cc1. The van der Waals surface area contributed by atoms with E-state index in [2.05, 4.69) is 16.5 Å². The molecule has 80 valence electrons. The van der Waals surface area contributed by atoms with Gasteiger partial charge in [0, 0.05) is 24.4 Å². The molecule has 0 spiro atoms. The van der Waals surface area contributed by atoms with Gasteiger partial charge in [-0.3, -0.25) is 0 Å². The van der Waals surface area contributed by atoms with E-state index >= 15 is 0 Å². The van der Waals surface area contributed by atoms with Gasteiger partial charge in [-0.15, -0.1) is 0 Å². The highest BCUT2D eigenvalue weighted by Gasteiger charge is 1.99. The lowest BCUT2D eigenvalue weighted by atomic mass is 10.1. The summed E-state index contributed by atoms with van der Waals surface area (Å²) in [4.78, 5) is 7.89. The van der Waals surface area contributed by atoms with Gasteiger partial charge in [-0.1, -0.05) is 30.8 Å². The Balaban J connectivity index is 2.23. The molecule has 0 saturated heterocycles. The number of hydrogen-bond donors (Lipinski definition) is 0. The Morgan fingerprint density at radius 2 is 1.69 bits per heavy atom. The fourth-order valence-electron chi connectivity index (χ4n) is 1.48. The molecule has 0 atom stereocenters. The number of nitrogens with zero attached hydrogens (tertiary/aromatic N) is 2. The molecule has 1 heterocycles. The van der Waals surface area contributed by atoms with E-state index in [1.165, 1.54) is 6.33 Å². The van der Waals surface area contributed by atoms with Crippen molar-refractivity contribution in [1.29, 1.82) is 0 Å². The second-order valence-corrected chi connectivity index (χ2v) is 3.52. The van der Waals surface area contributed by atoms with E-state index in [1.54, 1.807) is 12.4 Å². The first-order valence-corrected chi connectivity index (χ1v) is 4.93. The summed E-state index contributed by atoms with van der Waals surface area (Å²) >= 11 is 0. The van der Waals surface area contributed by atoms with Gasteiger partial charge in [0.15, 0.2) is 0 Å². The Hall–Kier alpha value is -2.03. The van der Waals surface area contributed by atoms with Gasteiger partial charge in [-0.05, 0) is 11.1 Å². The summed E-state index contributed by atoms with van der Waals surface area (Å²) in [6.45, 7) is 3.24. The molecule has 0 unspecified atom stereocenters. The molecule has 0 fully saturated rings. The lowest BCUT2D eigenvalue weighted by molar-refractivity contribution is 0.617. The fourth-order valence-corrected chi connectivity index (χ4v) is 1.48. The van der Waals surface area contributed by atoms with Crippen LogP contribution in [0.5, 0.6) is 0 Å². The van der Waals surface area contributed by atoms with E-state index in [0.29, 0.717) is 0 Å². The van der Waals surface area contributed by atoms with Crippen LogP contribution >= 0.6 is 0 Å². The van der Waals surface area contributed by atoms with E-state index < -0.39 is 0 Å². The topological polar surface area (TPSA) is 25.8 Å². The van der Waals surface area contributed by atoms with Crippen LogP contribution in [0.15, 0.2) is 55.4 Å². The Morgan fingerprint density at radius 3 is 2.25 bits per heavy atom. The van der Waals surface area contributed by atoms with Crippen molar-refractivity contribution in [2.45, 2.75) is 6.42 Å². The largest absolute Gasteiger partial charge is 0.244 e. The zero-order valence-corrected chi connectivity index (χ0v) is 8.73. The maximum Gasteiger partial charge on any atom is 0.115 e. The van der Waals surface area contributed by atoms with Gasteiger partial charge in [0.2, 0.25) is 0 Å². The molecule has 0 aliphatic carbocycles. The van der Waals surface area contributed by atoms with Crippen molar-refractivity contribution in [3.63, 3.8) is 0 Å². The van der Waals surface area contributed by atoms with Crippen molar-refractivity contribution < 1.29 is 4.39 Å². The standard InChI is InChI=1S/C13H11FN2/c1-10(14)6-11-2-4-12(5-3-11)13-7-15-9-16-8-13/h2-5,7-9H,1,6H2. The lowest BCUT2D eigenvalue weighted by Crippen LogP contribution is -1.86. The minimum atomic E-state index is -0.323. The van der Waals surface area contributed by atoms with Crippen LogP contribution in [0, 0.1) is 0 Å². The number of hydrogen-bond acceptors (Lipinski definition) is 2. The molecular formula is C13H11FN2. The van der Waals surface area contributed by atoms with Gasteiger partial charge in [-0.25, -0.2) is 14.4 Å². The third-order valence-corrected chi connectivity index (χ3v) is 2.24. The number of halogens is 1. The van der Waals surface area contributed by atoms with E-state index in [0.717, 1.165) is 16.7 Å². The molecule has 2 aromatic rings. The van der Waals surface area contributed by atoms with Gasteiger partial charge in [0.05, 0.1) is 5.83 Å². The Kier molecular flexibility index (Phi) is 3.05. The van der Waals surface area contributed by atoms with Gasteiger partial charge in [0.1, 0.15) is 6.33 Å². The first-order chi connectivity index (χ1) is 7.75. The molecule has 0 aliphatic heterocycles. The van der Waals surface area contributed by atoms with Crippen LogP contribution in [0.3, 0.4) is 0 Å². The van der Waals surface area contributed by atoms with Crippen molar-refractivity contribution in [1.82, 2.24) is 9.97 Å². The molecule has 2 rings (SSSR count). The predicted octanol–water partition coefficient (Wildman–Crippen LogP) is 3.17. The Bertz CT molecular complexity index is 477. The van der Waals surface area contributed by atoms with Crippen molar-refractivity contribution in [2.75, 3.05) is 0 Å². The molecule has 2 nitrogen and oxygen atoms in total. The summed E-state index contributed by atoms with van der Waals surface area (Å²) in [5, 5.41) is 0. The molecule has 0 radical (unpaired) electrons. The van der Waals surface area contributed by atoms with Gasteiger partial charge in [0.25, 0.3) is 0 Å². The first-order valence-electron chi connectivity index (χ1n) is 4.93. The first kappa shape index (κ1) is 10.5. The highest BCUT2D eigenvalue weighted by molar-refractivity contribution is 5.61. The van der Waals surface area contributed by atoms with Crippen LogP contribution in [0.25, 0.3) is 11.1 Å². The van der Waals surface area contributed by atoms with Crippen molar-refractivity contribution in [3.05, 3.63) is 61.0 Å². The summed E-state index contributed by atoms with van der Waals surface area (Å²) < 4.78 is 12.6. The smallest absolute Gasteiger partial charge is 0.115 e. The third-order valence-electron chi connectivity index (χ3n) is 2.24. The summed E-state index contributed by atoms with van der Waals surface area (Å²) in [5.41, 5.74) is 2.88. The average molecular weight is 214 g/mol. The van der Waals surface area contributed by atoms with Crippen molar-refractivity contribution in [2.24, 2.45) is 0 Å². The van der Waals surface area contributed by atoms with E-state index in [1.807, 2.05) is 24.3 Å². The second kappa shape index (κ2) is 4.66. The number of aromatic nitrogens is 2. The van der Waals surface area contributed by atoms with Crippen molar-refractivity contribution in [3.8, 4) is 11.1 Å². The molecular weight excluding hydrogens is 203 g/mol. The molecule has 0 bridgehead atoms. The van der Waals surface area contributed by atoms with Crippen LogP contribution in [0.2, 0.25) is 0 Å². The van der Waals surface area contributed by atoms with Crippen molar-refractivity contribution >= 4 is 0 Å².